The Morgan fingerprint density at radius 3 is 2.24 bits per heavy atom. The lowest BCUT2D eigenvalue weighted by Gasteiger charge is -2.38. The number of hydrogen-bond acceptors (Lipinski definition) is 3. The molecule has 1 saturated heterocycles. The van der Waals surface area contributed by atoms with Gasteiger partial charge in [-0.3, -0.25) is 0 Å². The molecule has 1 aliphatic heterocycles. The number of nitrogen functional groups attached to an aromatic ring is 1. The van der Waals surface area contributed by atoms with Gasteiger partial charge in [0, 0.05) is 18.8 Å². The summed E-state index contributed by atoms with van der Waals surface area (Å²) in [5, 5.41) is 0. The van der Waals surface area contributed by atoms with Crippen molar-refractivity contribution in [2.24, 2.45) is 5.41 Å². The predicted molar refractivity (Wildman–Crippen MR) is 79.7 cm³/mol. The van der Waals surface area contributed by atoms with E-state index in [1.807, 2.05) is 0 Å². The van der Waals surface area contributed by atoms with Gasteiger partial charge in [-0.25, -0.2) is 12.8 Å². The Morgan fingerprint density at radius 2 is 1.67 bits per heavy atom. The van der Waals surface area contributed by atoms with E-state index < -0.39 is 15.8 Å². The van der Waals surface area contributed by atoms with Crippen LogP contribution in [0.4, 0.5) is 10.1 Å². The smallest absolute Gasteiger partial charge is 0.243 e. The van der Waals surface area contributed by atoms with E-state index in [0.717, 1.165) is 25.0 Å². The van der Waals surface area contributed by atoms with Crippen molar-refractivity contribution in [1.82, 2.24) is 4.31 Å². The molecule has 2 N–H and O–H groups in total. The minimum Gasteiger partial charge on any atom is -0.399 e. The molecule has 0 bridgehead atoms. The largest absolute Gasteiger partial charge is 0.399 e. The van der Waals surface area contributed by atoms with Crippen molar-refractivity contribution in [3.05, 3.63) is 24.0 Å². The lowest BCUT2D eigenvalue weighted by atomic mass is 9.78. The number of nitrogens with zero attached hydrogens (tertiary/aromatic N) is 1. The summed E-state index contributed by atoms with van der Waals surface area (Å²) in [5.74, 6) is -0.613. The molecule has 0 aromatic heterocycles. The van der Waals surface area contributed by atoms with Gasteiger partial charge in [-0.1, -0.05) is 12.8 Å². The van der Waals surface area contributed by atoms with Crippen LogP contribution in [0.5, 0.6) is 0 Å². The highest BCUT2D eigenvalue weighted by Crippen LogP contribution is 2.46. The van der Waals surface area contributed by atoms with Crippen LogP contribution in [0.25, 0.3) is 0 Å². The van der Waals surface area contributed by atoms with E-state index in [4.69, 9.17) is 5.73 Å². The zero-order chi connectivity index (χ0) is 15.1. The average molecular weight is 312 g/mol. The summed E-state index contributed by atoms with van der Waals surface area (Å²) in [6.45, 7) is 1.05. The van der Waals surface area contributed by atoms with Gasteiger partial charge < -0.3 is 5.73 Å². The second kappa shape index (κ2) is 5.25. The van der Waals surface area contributed by atoms with Crippen LogP contribution in [-0.2, 0) is 10.0 Å². The number of nitrogens with two attached hydrogens (primary N) is 1. The van der Waals surface area contributed by atoms with Gasteiger partial charge in [0.15, 0.2) is 0 Å². The molecule has 2 fully saturated rings. The Balaban J connectivity index is 1.80. The van der Waals surface area contributed by atoms with E-state index in [1.54, 1.807) is 0 Å². The fraction of sp³-hybridized carbons (Fsp3) is 0.600. The van der Waals surface area contributed by atoms with Crippen molar-refractivity contribution in [3.8, 4) is 0 Å². The summed E-state index contributed by atoms with van der Waals surface area (Å²) in [6.07, 6.45) is 6.77. The SMILES string of the molecule is Nc1cc(F)cc(S(=O)(=O)N2CCC3(CCCC3)CC2)c1. The third kappa shape index (κ3) is 2.79. The third-order valence-electron chi connectivity index (χ3n) is 4.98. The Hall–Kier alpha value is -1.14. The van der Waals surface area contributed by atoms with Crippen LogP contribution in [0.1, 0.15) is 38.5 Å². The number of halogens is 1. The van der Waals surface area contributed by atoms with E-state index in [2.05, 4.69) is 0 Å². The number of anilines is 1. The van der Waals surface area contributed by atoms with Crippen LogP contribution in [0.15, 0.2) is 23.1 Å². The molecule has 6 heteroatoms. The fourth-order valence-corrected chi connectivity index (χ4v) is 5.22. The van der Waals surface area contributed by atoms with Crippen molar-refractivity contribution in [2.45, 2.75) is 43.4 Å². The second-order valence-electron chi connectivity index (χ2n) is 6.33. The lowest BCUT2D eigenvalue weighted by Crippen LogP contribution is -2.42. The Bertz CT molecular complexity index is 609. The quantitative estimate of drug-likeness (QED) is 0.854. The molecule has 1 aromatic rings. The number of hydrogen-bond donors (Lipinski definition) is 1. The van der Waals surface area contributed by atoms with E-state index in [0.29, 0.717) is 18.5 Å². The maximum Gasteiger partial charge on any atom is 0.243 e. The van der Waals surface area contributed by atoms with Gasteiger partial charge in [-0.15, -0.1) is 0 Å². The van der Waals surface area contributed by atoms with Gasteiger partial charge in [-0.05, 0) is 49.3 Å². The van der Waals surface area contributed by atoms with Crippen LogP contribution >= 0.6 is 0 Å². The summed E-state index contributed by atoms with van der Waals surface area (Å²) in [6, 6.07) is 3.51. The molecule has 1 saturated carbocycles. The van der Waals surface area contributed by atoms with E-state index >= 15 is 0 Å². The van der Waals surface area contributed by atoms with Crippen molar-refractivity contribution in [2.75, 3.05) is 18.8 Å². The minimum atomic E-state index is -3.64. The van der Waals surface area contributed by atoms with Gasteiger partial charge in [0.1, 0.15) is 5.82 Å². The second-order valence-corrected chi connectivity index (χ2v) is 8.27. The molecule has 0 radical (unpaired) electrons. The Kier molecular flexibility index (Phi) is 3.69. The van der Waals surface area contributed by atoms with Crippen LogP contribution in [0.2, 0.25) is 0 Å². The Morgan fingerprint density at radius 1 is 1.05 bits per heavy atom. The molecule has 4 nitrogen and oxygen atoms in total. The normalized spacial score (nSPS) is 22.7. The number of rotatable bonds is 2. The van der Waals surface area contributed by atoms with Crippen LogP contribution in [0, 0.1) is 11.2 Å². The standard InChI is InChI=1S/C15H21FN2O2S/c16-12-9-13(17)11-14(10-12)21(19,20)18-7-5-15(6-8-18)3-1-2-4-15/h9-11H,1-8,17H2. The van der Waals surface area contributed by atoms with Gasteiger partial charge in [0.25, 0.3) is 0 Å². The summed E-state index contributed by atoms with van der Waals surface area (Å²) >= 11 is 0. The van der Waals surface area contributed by atoms with Crippen molar-refractivity contribution >= 4 is 15.7 Å². The van der Waals surface area contributed by atoms with Crippen LogP contribution in [0.3, 0.4) is 0 Å². The summed E-state index contributed by atoms with van der Waals surface area (Å²) in [5.41, 5.74) is 6.05. The molecule has 21 heavy (non-hydrogen) atoms. The van der Waals surface area contributed by atoms with Crippen molar-refractivity contribution in [1.29, 1.82) is 0 Å². The van der Waals surface area contributed by atoms with E-state index in [-0.39, 0.29) is 10.6 Å². The predicted octanol–water partition coefficient (Wildman–Crippen LogP) is 2.75. The van der Waals surface area contributed by atoms with Gasteiger partial charge in [-0.2, -0.15) is 4.31 Å². The first-order chi connectivity index (χ1) is 9.91. The first-order valence-electron chi connectivity index (χ1n) is 7.48. The molecular formula is C15H21FN2O2S. The topological polar surface area (TPSA) is 63.4 Å². The lowest BCUT2D eigenvalue weighted by molar-refractivity contribution is 0.160. The first-order valence-corrected chi connectivity index (χ1v) is 8.92. The monoisotopic (exact) mass is 312 g/mol. The maximum atomic E-state index is 13.4. The average Bonchev–Trinajstić information content (AvgIpc) is 2.86. The van der Waals surface area contributed by atoms with E-state index in [9.17, 15) is 12.8 Å². The van der Waals surface area contributed by atoms with Crippen molar-refractivity contribution < 1.29 is 12.8 Å². The maximum absolute atomic E-state index is 13.4. The summed E-state index contributed by atoms with van der Waals surface area (Å²) < 4.78 is 40.1. The highest BCUT2D eigenvalue weighted by molar-refractivity contribution is 7.89. The third-order valence-corrected chi connectivity index (χ3v) is 6.86. The van der Waals surface area contributed by atoms with Gasteiger partial charge in [0.2, 0.25) is 10.0 Å². The molecule has 1 spiro atoms. The fourth-order valence-electron chi connectivity index (χ4n) is 3.71. The molecule has 1 heterocycles. The molecule has 2 aliphatic rings. The minimum absolute atomic E-state index is 0.0395. The molecule has 0 amide bonds. The summed E-state index contributed by atoms with van der Waals surface area (Å²) in [7, 11) is -3.64. The highest BCUT2D eigenvalue weighted by atomic mass is 32.2. The molecule has 0 atom stereocenters. The summed E-state index contributed by atoms with van der Waals surface area (Å²) in [4.78, 5) is -0.0395. The zero-order valence-corrected chi connectivity index (χ0v) is 12.8. The zero-order valence-electron chi connectivity index (χ0n) is 12.0. The highest BCUT2D eigenvalue weighted by Gasteiger charge is 2.40. The molecule has 3 rings (SSSR count). The van der Waals surface area contributed by atoms with Gasteiger partial charge >= 0.3 is 0 Å². The Labute approximate surface area is 125 Å². The molecule has 0 unspecified atom stereocenters. The number of sulfonamides is 1. The van der Waals surface area contributed by atoms with E-state index in [1.165, 1.54) is 36.1 Å². The first kappa shape index (κ1) is 14.8. The molecule has 1 aliphatic carbocycles. The van der Waals surface area contributed by atoms with Crippen LogP contribution in [-0.4, -0.2) is 25.8 Å². The molecular weight excluding hydrogens is 291 g/mol. The molecule has 1 aromatic carbocycles. The number of piperidine rings is 1. The van der Waals surface area contributed by atoms with Gasteiger partial charge in [0.05, 0.1) is 4.90 Å². The molecule has 116 valence electrons. The number of benzene rings is 1. The van der Waals surface area contributed by atoms with Crippen molar-refractivity contribution in [3.63, 3.8) is 0 Å². The van der Waals surface area contributed by atoms with Crippen LogP contribution < -0.4 is 5.73 Å².